The molecule has 2 rings (SSSR count). The van der Waals surface area contributed by atoms with Gasteiger partial charge in [-0.2, -0.15) is 4.31 Å². The molecular formula is C13H16BrNO5S. The quantitative estimate of drug-likeness (QED) is 0.858. The number of carboxylic acid groups (broad SMARTS) is 1. The zero-order chi connectivity index (χ0) is 15.8. The van der Waals surface area contributed by atoms with Crippen LogP contribution in [-0.2, 0) is 19.6 Å². The summed E-state index contributed by atoms with van der Waals surface area (Å²) in [6, 6.07) is 4.02. The van der Waals surface area contributed by atoms with Gasteiger partial charge in [0.1, 0.15) is 0 Å². The number of sulfonamides is 1. The van der Waals surface area contributed by atoms with Crippen molar-refractivity contribution in [1.82, 2.24) is 4.31 Å². The van der Waals surface area contributed by atoms with Crippen LogP contribution in [0.5, 0.6) is 0 Å². The molecule has 116 valence electrons. The number of aliphatic carboxylic acids is 1. The van der Waals surface area contributed by atoms with Gasteiger partial charge in [-0.3, -0.25) is 4.79 Å². The van der Waals surface area contributed by atoms with E-state index in [1.807, 2.05) is 0 Å². The molecule has 1 aromatic rings. The summed E-state index contributed by atoms with van der Waals surface area (Å²) in [7, 11) is -2.37. The Morgan fingerprint density at radius 2 is 2.10 bits per heavy atom. The monoisotopic (exact) mass is 377 g/mol. The normalized spacial score (nSPS) is 22.7. The van der Waals surface area contributed by atoms with E-state index in [-0.39, 0.29) is 18.1 Å². The molecule has 0 aliphatic carbocycles. The second kappa shape index (κ2) is 6.04. The van der Waals surface area contributed by atoms with Crippen LogP contribution in [0.15, 0.2) is 27.6 Å². The SMILES string of the molecule is Cc1cc(S(=O)(=O)N(C)C2COCC2C(=O)O)ccc1Br. The minimum atomic E-state index is -3.76. The van der Waals surface area contributed by atoms with E-state index in [2.05, 4.69) is 15.9 Å². The summed E-state index contributed by atoms with van der Waals surface area (Å²) in [5.74, 6) is -1.90. The highest BCUT2D eigenvalue weighted by Gasteiger charge is 2.41. The minimum Gasteiger partial charge on any atom is -0.481 e. The highest BCUT2D eigenvalue weighted by atomic mass is 79.9. The largest absolute Gasteiger partial charge is 0.481 e. The number of hydrogen-bond donors (Lipinski definition) is 1. The highest BCUT2D eigenvalue weighted by Crippen LogP contribution is 2.27. The van der Waals surface area contributed by atoms with Gasteiger partial charge in [0.05, 0.1) is 30.1 Å². The maximum atomic E-state index is 12.6. The summed E-state index contributed by atoms with van der Waals surface area (Å²) in [5.41, 5.74) is 0.793. The van der Waals surface area contributed by atoms with Gasteiger partial charge < -0.3 is 9.84 Å². The first-order valence-electron chi connectivity index (χ1n) is 6.30. The average molecular weight is 378 g/mol. The van der Waals surface area contributed by atoms with Crippen LogP contribution >= 0.6 is 15.9 Å². The van der Waals surface area contributed by atoms with Gasteiger partial charge in [-0.15, -0.1) is 0 Å². The lowest BCUT2D eigenvalue weighted by Crippen LogP contribution is -2.44. The minimum absolute atomic E-state index is 0.0270. The topological polar surface area (TPSA) is 83.9 Å². The Hall–Kier alpha value is -0.960. The number of aryl methyl sites for hydroxylation is 1. The maximum absolute atomic E-state index is 12.6. The van der Waals surface area contributed by atoms with Crippen molar-refractivity contribution in [2.45, 2.75) is 17.9 Å². The molecule has 2 unspecified atom stereocenters. The number of halogens is 1. The van der Waals surface area contributed by atoms with Crippen LogP contribution in [0.4, 0.5) is 0 Å². The first-order valence-corrected chi connectivity index (χ1v) is 8.53. The van der Waals surface area contributed by atoms with Crippen molar-refractivity contribution in [3.8, 4) is 0 Å². The van der Waals surface area contributed by atoms with Gasteiger partial charge in [0.15, 0.2) is 0 Å². The summed E-state index contributed by atoms with van der Waals surface area (Å²) in [5, 5.41) is 9.14. The maximum Gasteiger partial charge on any atom is 0.310 e. The molecule has 0 amide bonds. The highest BCUT2D eigenvalue weighted by molar-refractivity contribution is 9.10. The second-order valence-electron chi connectivity index (χ2n) is 4.98. The molecule has 2 atom stereocenters. The fourth-order valence-electron chi connectivity index (χ4n) is 2.26. The molecule has 0 bridgehead atoms. The number of hydrogen-bond acceptors (Lipinski definition) is 4. The molecule has 0 aromatic heterocycles. The third kappa shape index (κ3) is 3.13. The summed E-state index contributed by atoms with van der Waals surface area (Å²) in [6.45, 7) is 1.91. The van der Waals surface area contributed by atoms with Crippen LogP contribution in [-0.4, -0.2) is 50.1 Å². The van der Waals surface area contributed by atoms with Crippen molar-refractivity contribution in [3.63, 3.8) is 0 Å². The summed E-state index contributed by atoms with van der Waals surface area (Å²) < 4.78 is 32.3. The van der Waals surface area contributed by atoms with Crippen molar-refractivity contribution in [2.24, 2.45) is 5.92 Å². The Balaban J connectivity index is 2.34. The number of ether oxygens (including phenoxy) is 1. The molecule has 0 saturated carbocycles. The Morgan fingerprint density at radius 1 is 1.43 bits per heavy atom. The molecule has 1 fully saturated rings. The number of carbonyl (C=O) groups is 1. The fourth-order valence-corrected chi connectivity index (χ4v) is 3.97. The van der Waals surface area contributed by atoms with E-state index < -0.39 is 28.0 Å². The van der Waals surface area contributed by atoms with Crippen LogP contribution in [0.25, 0.3) is 0 Å². The molecular weight excluding hydrogens is 362 g/mol. The van der Waals surface area contributed by atoms with Crippen molar-refractivity contribution in [3.05, 3.63) is 28.2 Å². The van der Waals surface area contributed by atoms with Gasteiger partial charge in [0.2, 0.25) is 10.0 Å². The van der Waals surface area contributed by atoms with Crippen LogP contribution in [0.2, 0.25) is 0 Å². The molecule has 1 saturated heterocycles. The van der Waals surface area contributed by atoms with E-state index >= 15 is 0 Å². The van der Waals surface area contributed by atoms with Gasteiger partial charge in [-0.05, 0) is 30.7 Å². The van der Waals surface area contributed by atoms with E-state index in [4.69, 9.17) is 9.84 Å². The smallest absolute Gasteiger partial charge is 0.310 e. The predicted molar refractivity (Wildman–Crippen MR) is 79.6 cm³/mol. The standard InChI is InChI=1S/C13H16BrNO5S/c1-8-5-9(3-4-11(8)14)21(18,19)15(2)12-7-20-6-10(12)13(16)17/h3-5,10,12H,6-7H2,1-2H3,(H,16,17). The molecule has 8 heteroatoms. The Bertz CT molecular complexity index is 661. The van der Waals surface area contributed by atoms with Crippen molar-refractivity contribution < 1.29 is 23.1 Å². The molecule has 0 radical (unpaired) electrons. The number of carboxylic acids is 1. The van der Waals surface area contributed by atoms with Gasteiger partial charge in [-0.1, -0.05) is 15.9 Å². The van der Waals surface area contributed by atoms with Crippen LogP contribution < -0.4 is 0 Å². The summed E-state index contributed by atoms with van der Waals surface area (Å²) in [4.78, 5) is 11.3. The molecule has 6 nitrogen and oxygen atoms in total. The molecule has 1 aliphatic heterocycles. The molecule has 0 spiro atoms. The molecule has 1 heterocycles. The lowest BCUT2D eigenvalue weighted by Gasteiger charge is -2.25. The van der Waals surface area contributed by atoms with E-state index in [9.17, 15) is 13.2 Å². The lowest BCUT2D eigenvalue weighted by molar-refractivity contribution is -0.142. The fraction of sp³-hybridized carbons (Fsp3) is 0.462. The molecule has 1 N–H and O–H groups in total. The summed E-state index contributed by atoms with van der Waals surface area (Å²) >= 11 is 3.32. The molecule has 21 heavy (non-hydrogen) atoms. The second-order valence-corrected chi connectivity index (χ2v) is 7.83. The van der Waals surface area contributed by atoms with Crippen LogP contribution in [0, 0.1) is 12.8 Å². The van der Waals surface area contributed by atoms with Crippen molar-refractivity contribution >= 4 is 31.9 Å². The zero-order valence-electron chi connectivity index (χ0n) is 11.6. The Morgan fingerprint density at radius 3 is 2.67 bits per heavy atom. The van der Waals surface area contributed by atoms with Gasteiger partial charge in [0.25, 0.3) is 0 Å². The Labute approximate surface area is 131 Å². The number of likely N-dealkylation sites (N-methyl/N-ethyl adjacent to an activating group) is 1. The number of nitrogens with zero attached hydrogens (tertiary/aromatic N) is 1. The first kappa shape index (κ1) is 16.4. The van der Waals surface area contributed by atoms with E-state index in [0.717, 1.165) is 14.3 Å². The predicted octanol–water partition coefficient (Wildman–Crippen LogP) is 1.48. The number of benzene rings is 1. The van der Waals surface area contributed by atoms with E-state index in [1.54, 1.807) is 19.1 Å². The lowest BCUT2D eigenvalue weighted by atomic mass is 10.1. The van der Waals surface area contributed by atoms with Crippen LogP contribution in [0.1, 0.15) is 5.56 Å². The summed E-state index contributed by atoms with van der Waals surface area (Å²) in [6.07, 6.45) is 0. The molecule has 1 aromatic carbocycles. The van der Waals surface area contributed by atoms with Gasteiger partial charge in [-0.25, -0.2) is 8.42 Å². The van der Waals surface area contributed by atoms with Crippen molar-refractivity contribution in [2.75, 3.05) is 20.3 Å². The van der Waals surface area contributed by atoms with E-state index in [0.29, 0.717) is 0 Å². The first-order chi connectivity index (χ1) is 9.75. The van der Waals surface area contributed by atoms with E-state index in [1.165, 1.54) is 13.1 Å². The average Bonchev–Trinajstić information content (AvgIpc) is 2.90. The number of rotatable bonds is 4. The molecule has 1 aliphatic rings. The van der Waals surface area contributed by atoms with Gasteiger partial charge >= 0.3 is 5.97 Å². The third-order valence-electron chi connectivity index (χ3n) is 3.64. The zero-order valence-corrected chi connectivity index (χ0v) is 14.0. The van der Waals surface area contributed by atoms with Gasteiger partial charge in [0, 0.05) is 11.5 Å². The van der Waals surface area contributed by atoms with Crippen molar-refractivity contribution in [1.29, 1.82) is 0 Å². The van der Waals surface area contributed by atoms with Crippen LogP contribution in [0.3, 0.4) is 0 Å². The third-order valence-corrected chi connectivity index (χ3v) is 6.41. The Kier molecular flexibility index (Phi) is 4.72.